The molecule has 104 valence electrons. The van der Waals surface area contributed by atoms with Gasteiger partial charge in [-0.15, -0.1) is 0 Å². The van der Waals surface area contributed by atoms with Crippen molar-refractivity contribution in [2.24, 2.45) is 5.73 Å². The minimum atomic E-state index is -1.12. The summed E-state index contributed by atoms with van der Waals surface area (Å²) in [5, 5.41) is 15.3. The predicted octanol–water partition coefficient (Wildman–Crippen LogP) is 0.613. The Labute approximate surface area is 115 Å². The van der Waals surface area contributed by atoms with Gasteiger partial charge in [-0.1, -0.05) is 12.1 Å². The molecule has 1 aromatic carbocycles. The van der Waals surface area contributed by atoms with Crippen LogP contribution in [0.4, 0.5) is 5.69 Å². The Hall–Kier alpha value is -2.67. The van der Waals surface area contributed by atoms with Crippen LogP contribution >= 0.6 is 0 Å². The molecule has 1 aromatic heterocycles. The molecule has 2 rings (SSSR count). The third kappa shape index (κ3) is 3.21. The maximum atomic E-state index is 11.8. The molecule has 0 bridgehead atoms. The van der Waals surface area contributed by atoms with Crippen LogP contribution in [0.2, 0.25) is 0 Å². The molecule has 1 unspecified atom stereocenters. The van der Waals surface area contributed by atoms with Crippen LogP contribution in [-0.2, 0) is 9.59 Å². The summed E-state index contributed by atoms with van der Waals surface area (Å²) in [5.41, 5.74) is 6.71. The predicted molar refractivity (Wildman–Crippen MR) is 72.4 cm³/mol. The van der Waals surface area contributed by atoms with Gasteiger partial charge < -0.3 is 16.2 Å². The minimum absolute atomic E-state index is 0.421. The number of aliphatic carboxylic acids is 1. The van der Waals surface area contributed by atoms with E-state index in [0.29, 0.717) is 11.4 Å². The molecule has 0 radical (unpaired) electrons. The molecule has 2 aromatic rings. The number of nitrogens with one attached hydrogen (secondary N) is 1. The van der Waals surface area contributed by atoms with Gasteiger partial charge in [-0.2, -0.15) is 5.10 Å². The van der Waals surface area contributed by atoms with Crippen LogP contribution < -0.4 is 11.1 Å². The van der Waals surface area contributed by atoms with E-state index in [1.54, 1.807) is 41.3 Å². The Morgan fingerprint density at radius 2 is 2.10 bits per heavy atom. The Balaban J connectivity index is 2.18. The normalized spacial score (nSPS) is 11.8. The van der Waals surface area contributed by atoms with Gasteiger partial charge in [0.25, 0.3) is 0 Å². The molecule has 0 fully saturated rings. The van der Waals surface area contributed by atoms with Crippen LogP contribution in [-0.4, -0.2) is 32.8 Å². The van der Waals surface area contributed by atoms with Crippen molar-refractivity contribution in [1.29, 1.82) is 0 Å². The highest BCUT2D eigenvalue weighted by Gasteiger charge is 2.18. The molecular weight excluding hydrogens is 260 g/mol. The van der Waals surface area contributed by atoms with Crippen LogP contribution in [0.1, 0.15) is 6.42 Å². The van der Waals surface area contributed by atoms with Crippen molar-refractivity contribution in [3.8, 4) is 5.69 Å². The maximum Gasteiger partial charge on any atom is 0.305 e. The van der Waals surface area contributed by atoms with Crippen molar-refractivity contribution in [1.82, 2.24) is 9.78 Å². The van der Waals surface area contributed by atoms with Gasteiger partial charge in [-0.05, 0) is 18.2 Å². The molecule has 0 saturated heterocycles. The number of carboxylic acids is 1. The van der Waals surface area contributed by atoms with Crippen LogP contribution in [0, 0.1) is 0 Å². The number of nitrogens with zero attached hydrogens (tertiary/aromatic N) is 2. The van der Waals surface area contributed by atoms with E-state index in [9.17, 15) is 9.59 Å². The average molecular weight is 274 g/mol. The first-order chi connectivity index (χ1) is 9.58. The summed E-state index contributed by atoms with van der Waals surface area (Å²) < 4.78 is 1.60. The molecule has 20 heavy (non-hydrogen) atoms. The second-order valence-electron chi connectivity index (χ2n) is 4.16. The molecule has 1 heterocycles. The second kappa shape index (κ2) is 5.98. The van der Waals surface area contributed by atoms with Crippen molar-refractivity contribution in [2.45, 2.75) is 12.5 Å². The lowest BCUT2D eigenvalue weighted by atomic mass is 10.2. The smallest absolute Gasteiger partial charge is 0.305 e. The zero-order chi connectivity index (χ0) is 14.5. The molecule has 4 N–H and O–H groups in total. The summed E-state index contributed by atoms with van der Waals surface area (Å²) in [5.74, 6) is -1.67. The van der Waals surface area contributed by atoms with E-state index in [-0.39, 0.29) is 0 Å². The summed E-state index contributed by atoms with van der Waals surface area (Å²) >= 11 is 0. The zero-order valence-corrected chi connectivity index (χ0v) is 10.6. The fourth-order valence-corrected chi connectivity index (χ4v) is 1.70. The average Bonchev–Trinajstić information content (AvgIpc) is 2.92. The first kappa shape index (κ1) is 13.8. The first-order valence-electron chi connectivity index (χ1n) is 5.95. The molecule has 1 amide bonds. The molecular formula is C13H14N4O3. The quantitative estimate of drug-likeness (QED) is 0.740. The van der Waals surface area contributed by atoms with Gasteiger partial charge in [-0.3, -0.25) is 9.59 Å². The third-order valence-corrected chi connectivity index (χ3v) is 2.64. The summed E-state index contributed by atoms with van der Waals surface area (Å²) in [6, 6.07) is 7.70. The third-order valence-electron chi connectivity index (χ3n) is 2.64. The molecule has 0 spiro atoms. The number of carboxylic acid groups (broad SMARTS) is 1. The topological polar surface area (TPSA) is 110 Å². The number of benzene rings is 1. The van der Waals surface area contributed by atoms with Crippen molar-refractivity contribution in [3.05, 3.63) is 42.7 Å². The highest BCUT2D eigenvalue weighted by Crippen LogP contribution is 2.19. The maximum absolute atomic E-state index is 11.8. The Morgan fingerprint density at radius 1 is 1.35 bits per heavy atom. The number of anilines is 1. The fourth-order valence-electron chi connectivity index (χ4n) is 1.70. The lowest BCUT2D eigenvalue weighted by Gasteiger charge is -2.13. The Bertz CT molecular complexity index is 610. The lowest BCUT2D eigenvalue weighted by Crippen LogP contribution is -2.37. The molecule has 7 nitrogen and oxygen atoms in total. The van der Waals surface area contributed by atoms with Crippen molar-refractivity contribution >= 4 is 17.6 Å². The van der Waals surface area contributed by atoms with Gasteiger partial charge in [0.2, 0.25) is 5.91 Å². The van der Waals surface area contributed by atoms with E-state index >= 15 is 0 Å². The lowest BCUT2D eigenvalue weighted by molar-refractivity contribution is -0.138. The number of rotatable bonds is 5. The monoisotopic (exact) mass is 274 g/mol. The number of carbonyl (C=O) groups excluding carboxylic acids is 1. The van der Waals surface area contributed by atoms with Gasteiger partial charge in [0.15, 0.2) is 0 Å². The highest BCUT2D eigenvalue weighted by molar-refractivity contribution is 5.98. The molecule has 7 heteroatoms. The highest BCUT2D eigenvalue weighted by atomic mass is 16.4. The van der Waals surface area contributed by atoms with E-state index in [1.807, 2.05) is 6.07 Å². The molecule has 0 aliphatic carbocycles. The Morgan fingerprint density at radius 3 is 2.75 bits per heavy atom. The van der Waals surface area contributed by atoms with Crippen LogP contribution in [0.25, 0.3) is 5.69 Å². The van der Waals surface area contributed by atoms with Gasteiger partial charge in [0, 0.05) is 12.4 Å². The van der Waals surface area contributed by atoms with Gasteiger partial charge in [-0.25, -0.2) is 4.68 Å². The summed E-state index contributed by atoms with van der Waals surface area (Å²) in [7, 11) is 0. The van der Waals surface area contributed by atoms with Crippen LogP contribution in [0.3, 0.4) is 0 Å². The fraction of sp³-hybridized carbons (Fsp3) is 0.154. The van der Waals surface area contributed by atoms with E-state index < -0.39 is 24.3 Å². The van der Waals surface area contributed by atoms with Crippen molar-refractivity contribution in [3.63, 3.8) is 0 Å². The minimum Gasteiger partial charge on any atom is -0.481 e. The number of carbonyl (C=O) groups is 2. The van der Waals surface area contributed by atoms with Crippen LogP contribution in [0.15, 0.2) is 42.7 Å². The summed E-state index contributed by atoms with van der Waals surface area (Å²) in [6.45, 7) is 0. The first-order valence-corrected chi connectivity index (χ1v) is 5.95. The number of amides is 1. The van der Waals surface area contributed by atoms with Crippen molar-refractivity contribution in [2.75, 3.05) is 5.32 Å². The van der Waals surface area contributed by atoms with Gasteiger partial charge in [0.1, 0.15) is 0 Å². The SMILES string of the molecule is NC(CC(=O)O)C(=O)Nc1ccccc1-n1cccn1. The standard InChI is InChI=1S/C13H14N4O3/c14-9(8-12(18)19)13(20)16-10-4-1-2-5-11(10)17-7-3-6-15-17/h1-7,9H,8,14H2,(H,16,20)(H,18,19). The summed E-state index contributed by atoms with van der Waals surface area (Å²) in [6.07, 6.45) is 2.94. The van der Waals surface area contributed by atoms with E-state index in [4.69, 9.17) is 10.8 Å². The molecule has 1 atom stereocenters. The van der Waals surface area contributed by atoms with E-state index in [2.05, 4.69) is 10.4 Å². The van der Waals surface area contributed by atoms with Crippen molar-refractivity contribution < 1.29 is 14.7 Å². The van der Waals surface area contributed by atoms with E-state index in [1.165, 1.54) is 0 Å². The van der Waals surface area contributed by atoms with Crippen LogP contribution in [0.5, 0.6) is 0 Å². The zero-order valence-electron chi connectivity index (χ0n) is 10.6. The number of hydrogen-bond donors (Lipinski definition) is 3. The molecule has 0 aliphatic heterocycles. The number of hydrogen-bond acceptors (Lipinski definition) is 4. The molecule has 0 aliphatic rings. The number of aromatic nitrogens is 2. The number of para-hydroxylation sites is 2. The largest absolute Gasteiger partial charge is 0.481 e. The Kier molecular flexibility index (Phi) is 4.11. The second-order valence-corrected chi connectivity index (χ2v) is 4.16. The van der Waals surface area contributed by atoms with Gasteiger partial charge >= 0.3 is 5.97 Å². The number of nitrogens with two attached hydrogens (primary N) is 1. The van der Waals surface area contributed by atoms with Gasteiger partial charge in [0.05, 0.1) is 23.8 Å². The molecule has 0 saturated carbocycles. The summed E-state index contributed by atoms with van der Waals surface area (Å²) in [4.78, 5) is 22.4. The van der Waals surface area contributed by atoms with E-state index in [0.717, 1.165) is 0 Å².